The first-order valence-electron chi connectivity index (χ1n) is 6.32. The Morgan fingerprint density at radius 2 is 1.95 bits per heavy atom. The van der Waals surface area contributed by atoms with E-state index in [4.69, 9.17) is 5.73 Å². The van der Waals surface area contributed by atoms with Crippen LogP contribution >= 0.6 is 0 Å². The number of carbonyl (C=O) groups is 1. The highest BCUT2D eigenvalue weighted by Crippen LogP contribution is 2.19. The van der Waals surface area contributed by atoms with Gasteiger partial charge in [-0.3, -0.25) is 4.79 Å². The van der Waals surface area contributed by atoms with Crippen LogP contribution in [0.3, 0.4) is 0 Å². The molecule has 1 amide bonds. The van der Waals surface area contributed by atoms with Gasteiger partial charge in [-0.2, -0.15) is 0 Å². The van der Waals surface area contributed by atoms with Crippen LogP contribution in [0.1, 0.15) is 32.4 Å². The van der Waals surface area contributed by atoms with Crippen molar-refractivity contribution in [2.24, 2.45) is 17.6 Å². The predicted molar refractivity (Wildman–Crippen MR) is 70.3 cm³/mol. The fraction of sp³-hybridized carbons (Fsp3) is 0.500. The summed E-state index contributed by atoms with van der Waals surface area (Å²) in [4.78, 5) is 12.0. The van der Waals surface area contributed by atoms with Crippen molar-refractivity contribution in [1.82, 2.24) is 5.32 Å². The number of carbonyl (C=O) groups excluding carboxylic acids is 1. The van der Waals surface area contributed by atoms with Crippen LogP contribution in [-0.4, -0.2) is 12.5 Å². The Balaban J connectivity index is 2.81. The van der Waals surface area contributed by atoms with Crippen molar-refractivity contribution in [3.8, 4) is 0 Å². The van der Waals surface area contributed by atoms with E-state index in [1.54, 1.807) is 6.92 Å². The minimum atomic E-state index is -0.601. The first kappa shape index (κ1) is 15.6. The van der Waals surface area contributed by atoms with Gasteiger partial charge in [-0.15, -0.1) is 0 Å². The van der Waals surface area contributed by atoms with E-state index < -0.39 is 17.7 Å². The standard InChI is InChI=1S/C14H20F2N2O/c1-8(2)12(7-17)14(19)18-9(3)11-6-10(15)4-5-13(11)16/h4-6,8-9,12H,7,17H2,1-3H3,(H,18,19). The van der Waals surface area contributed by atoms with Crippen LogP contribution in [-0.2, 0) is 4.79 Å². The number of nitrogens with one attached hydrogen (secondary N) is 1. The molecule has 106 valence electrons. The molecule has 0 bridgehead atoms. The minimum absolute atomic E-state index is 0.0922. The van der Waals surface area contributed by atoms with E-state index in [2.05, 4.69) is 5.32 Å². The van der Waals surface area contributed by atoms with Crippen LogP contribution in [0.4, 0.5) is 8.78 Å². The van der Waals surface area contributed by atoms with Crippen LogP contribution in [0, 0.1) is 23.5 Å². The topological polar surface area (TPSA) is 55.1 Å². The molecular formula is C14H20F2N2O. The fourth-order valence-electron chi connectivity index (χ4n) is 1.93. The monoisotopic (exact) mass is 270 g/mol. The van der Waals surface area contributed by atoms with Crippen molar-refractivity contribution < 1.29 is 13.6 Å². The number of rotatable bonds is 5. The van der Waals surface area contributed by atoms with E-state index in [0.29, 0.717) is 0 Å². The fourth-order valence-corrected chi connectivity index (χ4v) is 1.93. The highest BCUT2D eigenvalue weighted by atomic mass is 19.1. The summed E-state index contributed by atoms with van der Waals surface area (Å²) < 4.78 is 26.7. The van der Waals surface area contributed by atoms with Crippen molar-refractivity contribution in [3.63, 3.8) is 0 Å². The van der Waals surface area contributed by atoms with E-state index in [1.807, 2.05) is 13.8 Å². The van der Waals surface area contributed by atoms with Gasteiger partial charge in [0.25, 0.3) is 0 Å². The molecule has 19 heavy (non-hydrogen) atoms. The molecule has 0 radical (unpaired) electrons. The molecule has 0 saturated heterocycles. The van der Waals surface area contributed by atoms with Crippen molar-refractivity contribution in [2.45, 2.75) is 26.8 Å². The van der Waals surface area contributed by atoms with Gasteiger partial charge in [-0.25, -0.2) is 8.78 Å². The average molecular weight is 270 g/mol. The summed E-state index contributed by atoms with van der Waals surface area (Å²) >= 11 is 0. The Kier molecular flexibility index (Phi) is 5.42. The molecule has 1 rings (SSSR count). The molecule has 1 aromatic rings. The molecule has 3 nitrogen and oxygen atoms in total. The first-order chi connectivity index (χ1) is 8.86. The third-order valence-electron chi connectivity index (χ3n) is 3.18. The van der Waals surface area contributed by atoms with Crippen LogP contribution in [0.5, 0.6) is 0 Å². The lowest BCUT2D eigenvalue weighted by Crippen LogP contribution is -2.39. The van der Waals surface area contributed by atoms with E-state index >= 15 is 0 Å². The smallest absolute Gasteiger partial charge is 0.225 e. The molecule has 0 heterocycles. The van der Waals surface area contributed by atoms with Crippen LogP contribution < -0.4 is 11.1 Å². The van der Waals surface area contributed by atoms with Gasteiger partial charge in [0, 0.05) is 12.1 Å². The minimum Gasteiger partial charge on any atom is -0.349 e. The Hall–Kier alpha value is -1.49. The van der Waals surface area contributed by atoms with Crippen LogP contribution in [0.2, 0.25) is 0 Å². The Bertz CT molecular complexity index is 449. The first-order valence-corrected chi connectivity index (χ1v) is 6.32. The number of benzene rings is 1. The van der Waals surface area contributed by atoms with E-state index in [-0.39, 0.29) is 29.9 Å². The third kappa shape index (κ3) is 3.99. The molecule has 0 aromatic heterocycles. The number of nitrogens with two attached hydrogens (primary N) is 1. The van der Waals surface area contributed by atoms with Gasteiger partial charge < -0.3 is 11.1 Å². The molecule has 5 heteroatoms. The van der Waals surface area contributed by atoms with Crippen LogP contribution in [0.25, 0.3) is 0 Å². The summed E-state index contributed by atoms with van der Waals surface area (Å²) in [6.07, 6.45) is 0. The zero-order chi connectivity index (χ0) is 14.6. The largest absolute Gasteiger partial charge is 0.349 e. The molecule has 0 saturated carbocycles. The second-order valence-corrected chi connectivity index (χ2v) is 4.98. The van der Waals surface area contributed by atoms with Crippen molar-refractivity contribution >= 4 is 5.91 Å². The van der Waals surface area contributed by atoms with Crippen molar-refractivity contribution in [1.29, 1.82) is 0 Å². The van der Waals surface area contributed by atoms with Crippen molar-refractivity contribution in [2.75, 3.05) is 6.54 Å². The lowest BCUT2D eigenvalue weighted by Gasteiger charge is -2.22. The third-order valence-corrected chi connectivity index (χ3v) is 3.18. The maximum atomic E-state index is 13.6. The summed E-state index contributed by atoms with van der Waals surface area (Å²) in [5.41, 5.74) is 5.68. The number of halogens is 2. The maximum absolute atomic E-state index is 13.6. The summed E-state index contributed by atoms with van der Waals surface area (Å²) in [7, 11) is 0. The predicted octanol–water partition coefficient (Wildman–Crippen LogP) is 2.37. The number of hydrogen-bond acceptors (Lipinski definition) is 2. The van der Waals surface area contributed by atoms with E-state index in [1.165, 1.54) is 0 Å². The van der Waals surface area contributed by atoms with Gasteiger partial charge in [0.1, 0.15) is 11.6 Å². The summed E-state index contributed by atoms with van der Waals surface area (Å²) in [5, 5.41) is 2.67. The highest BCUT2D eigenvalue weighted by molar-refractivity contribution is 5.79. The van der Waals surface area contributed by atoms with Gasteiger partial charge in [-0.1, -0.05) is 13.8 Å². The number of amides is 1. The molecule has 0 spiro atoms. The quantitative estimate of drug-likeness (QED) is 0.863. The average Bonchev–Trinajstić information content (AvgIpc) is 2.32. The Morgan fingerprint density at radius 3 is 2.47 bits per heavy atom. The normalized spacial score (nSPS) is 14.3. The Morgan fingerprint density at radius 1 is 1.32 bits per heavy atom. The van der Waals surface area contributed by atoms with Crippen molar-refractivity contribution in [3.05, 3.63) is 35.4 Å². The zero-order valence-corrected chi connectivity index (χ0v) is 11.4. The Labute approximate surface area is 112 Å². The maximum Gasteiger partial charge on any atom is 0.225 e. The second-order valence-electron chi connectivity index (χ2n) is 4.98. The summed E-state index contributed by atoms with van der Waals surface area (Å²) in [6.45, 7) is 5.63. The van der Waals surface area contributed by atoms with E-state index in [9.17, 15) is 13.6 Å². The highest BCUT2D eigenvalue weighted by Gasteiger charge is 2.23. The van der Waals surface area contributed by atoms with Gasteiger partial charge in [-0.05, 0) is 31.0 Å². The summed E-state index contributed by atoms with van der Waals surface area (Å²) in [5.74, 6) is -1.55. The van der Waals surface area contributed by atoms with Gasteiger partial charge in [0.2, 0.25) is 5.91 Å². The number of hydrogen-bond donors (Lipinski definition) is 2. The molecule has 2 unspecified atom stereocenters. The lowest BCUT2D eigenvalue weighted by molar-refractivity contribution is -0.126. The summed E-state index contributed by atoms with van der Waals surface area (Å²) in [6, 6.07) is 2.59. The lowest BCUT2D eigenvalue weighted by atomic mass is 9.94. The molecule has 2 atom stereocenters. The molecular weight excluding hydrogens is 250 g/mol. The van der Waals surface area contributed by atoms with Crippen LogP contribution in [0.15, 0.2) is 18.2 Å². The molecule has 0 aliphatic carbocycles. The van der Waals surface area contributed by atoms with Gasteiger partial charge in [0.05, 0.1) is 12.0 Å². The molecule has 1 aromatic carbocycles. The van der Waals surface area contributed by atoms with Gasteiger partial charge >= 0.3 is 0 Å². The molecule has 0 fully saturated rings. The van der Waals surface area contributed by atoms with Gasteiger partial charge in [0.15, 0.2) is 0 Å². The SMILES string of the molecule is CC(NC(=O)C(CN)C(C)C)c1cc(F)ccc1F. The second kappa shape index (κ2) is 6.61. The molecule has 3 N–H and O–H groups in total. The molecule has 0 aliphatic rings. The zero-order valence-electron chi connectivity index (χ0n) is 11.4. The van der Waals surface area contributed by atoms with E-state index in [0.717, 1.165) is 18.2 Å². The molecule has 0 aliphatic heterocycles.